The number of hydrogen-bond acceptors (Lipinski definition) is 5. The molecule has 0 aliphatic heterocycles. The van der Waals surface area contributed by atoms with E-state index in [4.69, 9.17) is 0 Å². The zero-order chi connectivity index (χ0) is 13.0. The minimum atomic E-state index is -5.82. The first-order valence-electron chi connectivity index (χ1n) is 3.84. The smallest absolute Gasteiger partial charge is 0.467 e. The van der Waals surface area contributed by atoms with Gasteiger partial charge in [-0.3, -0.25) is 0 Å². The standard InChI is InChI=1S/C7H9F3O5S/c1-3-4-5(6(11)14-2)15-16(12,13)7(8,9)10/h3,5H,1,4H2,2H3. The maximum Gasteiger partial charge on any atom is 0.523 e. The van der Waals surface area contributed by atoms with Crippen LogP contribution in [0, 0.1) is 0 Å². The van der Waals surface area contributed by atoms with E-state index in [2.05, 4.69) is 15.5 Å². The number of hydrogen-bond donors (Lipinski definition) is 0. The Labute approximate surface area is 90.0 Å². The van der Waals surface area contributed by atoms with Gasteiger partial charge in [-0.25, -0.2) is 8.98 Å². The Morgan fingerprint density at radius 1 is 1.50 bits per heavy atom. The molecule has 0 aromatic carbocycles. The monoisotopic (exact) mass is 262 g/mol. The normalized spacial score (nSPS) is 14.2. The third kappa shape index (κ3) is 3.81. The Morgan fingerprint density at radius 3 is 2.31 bits per heavy atom. The fourth-order valence-corrected chi connectivity index (χ4v) is 1.24. The molecular formula is C7H9F3O5S. The zero-order valence-electron chi connectivity index (χ0n) is 8.15. The molecule has 0 heterocycles. The second-order valence-corrected chi connectivity index (χ2v) is 4.10. The summed E-state index contributed by atoms with van der Waals surface area (Å²) in [6.45, 7) is 3.15. The molecule has 1 unspecified atom stereocenters. The third-order valence-electron chi connectivity index (χ3n) is 1.37. The highest BCUT2D eigenvalue weighted by Gasteiger charge is 2.49. The van der Waals surface area contributed by atoms with E-state index in [1.54, 1.807) is 0 Å². The Morgan fingerprint density at radius 2 is 2.00 bits per heavy atom. The van der Waals surface area contributed by atoms with Crippen LogP contribution in [0.2, 0.25) is 0 Å². The molecule has 0 spiro atoms. The lowest BCUT2D eigenvalue weighted by Gasteiger charge is -2.14. The van der Waals surface area contributed by atoms with E-state index >= 15 is 0 Å². The first-order chi connectivity index (χ1) is 7.15. The number of methoxy groups -OCH3 is 1. The fourth-order valence-electron chi connectivity index (χ4n) is 0.665. The van der Waals surface area contributed by atoms with Crippen molar-refractivity contribution >= 4 is 16.1 Å². The lowest BCUT2D eigenvalue weighted by atomic mass is 10.2. The van der Waals surface area contributed by atoms with Crippen molar-refractivity contribution in [2.45, 2.75) is 18.0 Å². The molecule has 0 saturated heterocycles. The van der Waals surface area contributed by atoms with E-state index in [0.717, 1.165) is 13.2 Å². The van der Waals surface area contributed by atoms with Crippen LogP contribution in [0.3, 0.4) is 0 Å². The Bertz CT molecular complexity index is 359. The van der Waals surface area contributed by atoms with Crippen LogP contribution in [0.1, 0.15) is 6.42 Å². The van der Waals surface area contributed by atoms with Crippen molar-refractivity contribution in [3.8, 4) is 0 Å². The summed E-state index contributed by atoms with van der Waals surface area (Å²) in [5.41, 5.74) is -5.58. The second kappa shape index (κ2) is 5.30. The Hall–Kier alpha value is -1.09. The van der Waals surface area contributed by atoms with Gasteiger partial charge < -0.3 is 4.74 Å². The summed E-state index contributed by atoms with van der Waals surface area (Å²) in [4.78, 5) is 10.9. The molecule has 0 aromatic heterocycles. The van der Waals surface area contributed by atoms with Crippen molar-refractivity contribution in [2.75, 3.05) is 7.11 Å². The van der Waals surface area contributed by atoms with E-state index in [1.165, 1.54) is 0 Å². The van der Waals surface area contributed by atoms with Gasteiger partial charge in [-0.2, -0.15) is 21.6 Å². The largest absolute Gasteiger partial charge is 0.523 e. The summed E-state index contributed by atoms with van der Waals surface area (Å²) in [6.07, 6.45) is -1.26. The number of rotatable bonds is 5. The molecule has 0 bridgehead atoms. The van der Waals surface area contributed by atoms with Crippen LogP contribution < -0.4 is 0 Å². The van der Waals surface area contributed by atoms with Crippen LogP contribution in [0.4, 0.5) is 13.2 Å². The molecule has 9 heteroatoms. The van der Waals surface area contributed by atoms with Gasteiger partial charge >= 0.3 is 21.6 Å². The summed E-state index contributed by atoms with van der Waals surface area (Å²) < 4.78 is 64.6. The highest BCUT2D eigenvalue weighted by Crippen LogP contribution is 2.26. The molecule has 94 valence electrons. The van der Waals surface area contributed by atoms with Gasteiger partial charge in [0, 0.05) is 6.42 Å². The summed E-state index contributed by atoms with van der Waals surface area (Å²) >= 11 is 0. The van der Waals surface area contributed by atoms with Crippen LogP contribution in [0.5, 0.6) is 0 Å². The molecule has 0 rings (SSSR count). The number of carbonyl (C=O) groups is 1. The van der Waals surface area contributed by atoms with Crippen molar-refractivity contribution in [1.82, 2.24) is 0 Å². The SMILES string of the molecule is C=CCC(OS(=O)(=O)C(F)(F)F)C(=O)OC. The number of carbonyl (C=O) groups excluding carboxylic acids is 1. The highest BCUT2D eigenvalue weighted by molar-refractivity contribution is 7.87. The minimum Gasteiger partial charge on any atom is -0.467 e. The topological polar surface area (TPSA) is 69.7 Å². The predicted molar refractivity (Wildman–Crippen MR) is 46.7 cm³/mol. The second-order valence-electron chi connectivity index (χ2n) is 2.53. The number of esters is 1. The molecule has 0 aliphatic carbocycles. The first-order valence-corrected chi connectivity index (χ1v) is 5.24. The first kappa shape index (κ1) is 14.9. The maximum atomic E-state index is 11.9. The minimum absolute atomic E-state index is 0.415. The van der Waals surface area contributed by atoms with Crippen LogP contribution in [-0.2, 0) is 23.8 Å². The molecule has 0 aromatic rings. The van der Waals surface area contributed by atoms with Gasteiger partial charge in [0.15, 0.2) is 6.10 Å². The number of ether oxygens (including phenoxy) is 1. The predicted octanol–water partition coefficient (Wildman–Crippen LogP) is 0.970. The van der Waals surface area contributed by atoms with E-state index in [9.17, 15) is 26.4 Å². The van der Waals surface area contributed by atoms with Gasteiger partial charge in [0.05, 0.1) is 7.11 Å². The van der Waals surface area contributed by atoms with Gasteiger partial charge in [0.25, 0.3) is 0 Å². The fraction of sp³-hybridized carbons (Fsp3) is 0.571. The Kier molecular flexibility index (Phi) is 4.94. The number of halogens is 3. The van der Waals surface area contributed by atoms with E-state index < -0.39 is 34.1 Å². The Balaban J connectivity index is 4.90. The highest BCUT2D eigenvalue weighted by atomic mass is 32.2. The van der Waals surface area contributed by atoms with Gasteiger partial charge in [0.1, 0.15) is 0 Å². The van der Waals surface area contributed by atoms with Crippen LogP contribution >= 0.6 is 0 Å². The maximum absolute atomic E-state index is 11.9. The van der Waals surface area contributed by atoms with Crippen molar-refractivity contribution in [3.05, 3.63) is 12.7 Å². The van der Waals surface area contributed by atoms with E-state index in [0.29, 0.717) is 0 Å². The molecule has 0 fully saturated rings. The summed E-state index contributed by atoms with van der Waals surface area (Å²) in [7, 11) is -4.93. The summed E-state index contributed by atoms with van der Waals surface area (Å²) in [5.74, 6) is -1.23. The molecule has 5 nitrogen and oxygen atoms in total. The van der Waals surface area contributed by atoms with Gasteiger partial charge in [-0.1, -0.05) is 6.08 Å². The van der Waals surface area contributed by atoms with Gasteiger partial charge in [0.2, 0.25) is 0 Å². The molecule has 0 aliphatic rings. The van der Waals surface area contributed by atoms with Crippen molar-refractivity contribution in [2.24, 2.45) is 0 Å². The molecule has 0 amide bonds. The number of alkyl halides is 3. The van der Waals surface area contributed by atoms with Gasteiger partial charge in [-0.15, -0.1) is 6.58 Å². The third-order valence-corrected chi connectivity index (χ3v) is 2.42. The molecule has 1 atom stereocenters. The van der Waals surface area contributed by atoms with E-state index in [1.807, 2.05) is 0 Å². The summed E-state index contributed by atoms with van der Waals surface area (Å²) in [6, 6.07) is 0. The summed E-state index contributed by atoms with van der Waals surface area (Å²) in [5, 5.41) is 0. The average Bonchev–Trinajstić information content (AvgIpc) is 2.14. The van der Waals surface area contributed by atoms with Crippen molar-refractivity contribution in [1.29, 1.82) is 0 Å². The molecule has 0 radical (unpaired) electrons. The lowest BCUT2D eigenvalue weighted by molar-refractivity contribution is -0.149. The zero-order valence-corrected chi connectivity index (χ0v) is 8.97. The van der Waals surface area contributed by atoms with Crippen LogP contribution in [0.25, 0.3) is 0 Å². The van der Waals surface area contributed by atoms with Crippen LogP contribution in [-0.4, -0.2) is 33.1 Å². The van der Waals surface area contributed by atoms with Crippen molar-refractivity contribution in [3.63, 3.8) is 0 Å². The molecule has 0 N–H and O–H groups in total. The molecule has 0 saturated carbocycles. The quantitative estimate of drug-likeness (QED) is 0.319. The van der Waals surface area contributed by atoms with Crippen molar-refractivity contribution < 1.29 is 35.3 Å². The average molecular weight is 262 g/mol. The van der Waals surface area contributed by atoms with E-state index in [-0.39, 0.29) is 0 Å². The van der Waals surface area contributed by atoms with Gasteiger partial charge in [-0.05, 0) is 0 Å². The lowest BCUT2D eigenvalue weighted by Crippen LogP contribution is -2.34. The molecular weight excluding hydrogens is 253 g/mol. The molecule has 16 heavy (non-hydrogen) atoms. The van der Waals surface area contributed by atoms with Crippen LogP contribution in [0.15, 0.2) is 12.7 Å².